The molecule has 1 aromatic carbocycles. The predicted octanol–water partition coefficient (Wildman–Crippen LogP) is 2.43. The maximum atomic E-state index is 5.41. The maximum absolute atomic E-state index is 5.41. The molecule has 14 heavy (non-hydrogen) atoms. The van der Waals surface area contributed by atoms with Crippen molar-refractivity contribution < 1.29 is 9.47 Å². The zero-order chi connectivity index (χ0) is 10.2. The number of benzene rings is 1. The van der Waals surface area contributed by atoms with Gasteiger partial charge in [-0.2, -0.15) is 0 Å². The van der Waals surface area contributed by atoms with Crippen LogP contribution in [0.15, 0.2) is 24.3 Å². The largest absolute Gasteiger partial charge is 0.376 e. The molecule has 0 aliphatic carbocycles. The van der Waals surface area contributed by atoms with Crippen LogP contribution in [0.25, 0.3) is 0 Å². The molecule has 0 aliphatic rings. The molecular weight excluding hydrogens is 176 g/mol. The molecule has 0 N–H and O–H groups in total. The smallest absolute Gasteiger partial charge is 0.0724 e. The highest BCUT2D eigenvalue weighted by molar-refractivity contribution is 5.11. The van der Waals surface area contributed by atoms with E-state index in [1.165, 1.54) is 0 Å². The van der Waals surface area contributed by atoms with E-state index in [4.69, 9.17) is 9.47 Å². The van der Waals surface area contributed by atoms with Crippen molar-refractivity contribution in [1.29, 1.82) is 0 Å². The molecule has 0 saturated carbocycles. The first kappa shape index (κ1) is 11.2. The van der Waals surface area contributed by atoms with E-state index in [2.05, 4.69) is 6.07 Å². The molecule has 0 atom stereocenters. The third-order valence-electron chi connectivity index (χ3n) is 1.71. The van der Waals surface area contributed by atoms with Gasteiger partial charge in [0.05, 0.1) is 25.9 Å². The van der Waals surface area contributed by atoms with E-state index in [9.17, 15) is 0 Å². The van der Waals surface area contributed by atoms with Crippen molar-refractivity contribution in [3.8, 4) is 0 Å². The molecular formula is C12H17O2. The molecule has 1 radical (unpaired) electrons. The minimum absolute atomic E-state index is 0.280. The second kappa shape index (κ2) is 6.57. The summed E-state index contributed by atoms with van der Waals surface area (Å²) in [5, 5.41) is 0. The fourth-order valence-corrected chi connectivity index (χ4v) is 1.05. The van der Waals surface area contributed by atoms with Crippen molar-refractivity contribution in [2.45, 2.75) is 26.6 Å². The molecule has 0 bridgehead atoms. The van der Waals surface area contributed by atoms with Crippen LogP contribution in [0.5, 0.6) is 0 Å². The average molecular weight is 193 g/mol. The molecule has 77 valence electrons. The van der Waals surface area contributed by atoms with E-state index in [0.717, 1.165) is 5.56 Å². The Kier molecular flexibility index (Phi) is 5.27. The third-order valence-corrected chi connectivity index (χ3v) is 1.71. The summed E-state index contributed by atoms with van der Waals surface area (Å²) in [5.74, 6) is 0. The molecule has 1 rings (SSSR count). The van der Waals surface area contributed by atoms with E-state index in [-0.39, 0.29) is 6.10 Å². The van der Waals surface area contributed by atoms with E-state index in [0.29, 0.717) is 19.8 Å². The number of hydrogen-bond donors (Lipinski definition) is 0. The number of rotatable bonds is 6. The first-order valence-electron chi connectivity index (χ1n) is 4.94. The highest BCUT2D eigenvalue weighted by Crippen LogP contribution is 1.99. The highest BCUT2D eigenvalue weighted by atomic mass is 16.5. The first-order valence-corrected chi connectivity index (χ1v) is 4.94. The lowest BCUT2D eigenvalue weighted by molar-refractivity contribution is 0.0142. The summed E-state index contributed by atoms with van der Waals surface area (Å²) in [6, 6.07) is 10.9. The maximum Gasteiger partial charge on any atom is 0.0724 e. The molecule has 2 nitrogen and oxygen atoms in total. The minimum Gasteiger partial charge on any atom is -0.376 e. The Morgan fingerprint density at radius 3 is 2.79 bits per heavy atom. The van der Waals surface area contributed by atoms with Gasteiger partial charge < -0.3 is 9.47 Å². The predicted molar refractivity (Wildman–Crippen MR) is 56.0 cm³/mol. The van der Waals surface area contributed by atoms with Crippen molar-refractivity contribution in [1.82, 2.24) is 0 Å². The van der Waals surface area contributed by atoms with Gasteiger partial charge in [0.1, 0.15) is 0 Å². The Morgan fingerprint density at radius 1 is 1.29 bits per heavy atom. The SMILES string of the molecule is CC(C)OCCOCc1[c]cccc1. The second-order valence-electron chi connectivity index (χ2n) is 3.36. The lowest BCUT2D eigenvalue weighted by atomic mass is 10.2. The Morgan fingerprint density at radius 2 is 2.14 bits per heavy atom. The standard InChI is InChI=1S/C12H17O2/c1-11(2)14-9-8-13-10-12-6-4-3-5-7-12/h3-6,11H,8-10H2,1-2H3. The Hall–Kier alpha value is -0.860. The lowest BCUT2D eigenvalue weighted by Crippen LogP contribution is -2.09. The Balaban J connectivity index is 2.05. The van der Waals surface area contributed by atoms with Crippen molar-refractivity contribution >= 4 is 0 Å². The monoisotopic (exact) mass is 193 g/mol. The van der Waals surface area contributed by atoms with Gasteiger partial charge in [0.15, 0.2) is 0 Å². The van der Waals surface area contributed by atoms with E-state index >= 15 is 0 Å². The van der Waals surface area contributed by atoms with Crippen LogP contribution in [-0.2, 0) is 16.1 Å². The van der Waals surface area contributed by atoms with E-state index in [1.807, 2.05) is 38.1 Å². The van der Waals surface area contributed by atoms with Crippen LogP contribution in [-0.4, -0.2) is 19.3 Å². The molecule has 0 fully saturated rings. The molecule has 0 aromatic heterocycles. The topological polar surface area (TPSA) is 18.5 Å². The van der Waals surface area contributed by atoms with Gasteiger partial charge in [0.2, 0.25) is 0 Å². The van der Waals surface area contributed by atoms with Crippen LogP contribution < -0.4 is 0 Å². The molecule has 2 heteroatoms. The van der Waals surface area contributed by atoms with Gasteiger partial charge in [-0.1, -0.05) is 24.3 Å². The summed E-state index contributed by atoms with van der Waals surface area (Å²) in [6.45, 7) is 5.95. The number of hydrogen-bond acceptors (Lipinski definition) is 2. The summed E-state index contributed by atoms with van der Waals surface area (Å²) in [4.78, 5) is 0. The Bertz CT molecular complexity index is 231. The van der Waals surface area contributed by atoms with E-state index < -0.39 is 0 Å². The van der Waals surface area contributed by atoms with Crippen LogP contribution in [0, 0.1) is 6.07 Å². The molecule has 0 amide bonds. The summed E-state index contributed by atoms with van der Waals surface area (Å²) >= 11 is 0. The summed E-state index contributed by atoms with van der Waals surface area (Å²) < 4.78 is 10.8. The molecule has 1 aromatic rings. The number of ether oxygens (including phenoxy) is 2. The van der Waals surface area contributed by atoms with Gasteiger partial charge in [0.25, 0.3) is 0 Å². The molecule has 0 aliphatic heterocycles. The molecule has 0 saturated heterocycles. The van der Waals surface area contributed by atoms with Gasteiger partial charge in [-0.15, -0.1) is 0 Å². The lowest BCUT2D eigenvalue weighted by Gasteiger charge is -2.07. The van der Waals surface area contributed by atoms with Crippen LogP contribution in [0.3, 0.4) is 0 Å². The van der Waals surface area contributed by atoms with Crippen molar-refractivity contribution in [3.05, 3.63) is 35.9 Å². The van der Waals surface area contributed by atoms with Crippen LogP contribution >= 0.6 is 0 Å². The molecule has 0 heterocycles. The second-order valence-corrected chi connectivity index (χ2v) is 3.36. The zero-order valence-corrected chi connectivity index (χ0v) is 8.82. The summed E-state index contributed by atoms with van der Waals surface area (Å²) in [6.07, 6.45) is 0.280. The normalized spacial score (nSPS) is 10.8. The fraction of sp³-hybridized carbons (Fsp3) is 0.500. The molecule has 0 unspecified atom stereocenters. The Labute approximate surface area is 85.8 Å². The first-order chi connectivity index (χ1) is 6.79. The highest BCUT2D eigenvalue weighted by Gasteiger charge is 1.94. The van der Waals surface area contributed by atoms with Crippen LogP contribution in [0.4, 0.5) is 0 Å². The van der Waals surface area contributed by atoms with Crippen LogP contribution in [0.1, 0.15) is 19.4 Å². The van der Waals surface area contributed by atoms with Crippen molar-refractivity contribution in [2.75, 3.05) is 13.2 Å². The summed E-state index contributed by atoms with van der Waals surface area (Å²) in [5.41, 5.74) is 1.08. The van der Waals surface area contributed by atoms with Gasteiger partial charge in [0, 0.05) is 0 Å². The van der Waals surface area contributed by atoms with Gasteiger partial charge in [-0.25, -0.2) is 0 Å². The van der Waals surface area contributed by atoms with Crippen molar-refractivity contribution in [2.24, 2.45) is 0 Å². The average Bonchev–Trinajstić information content (AvgIpc) is 2.18. The van der Waals surface area contributed by atoms with Gasteiger partial charge >= 0.3 is 0 Å². The quantitative estimate of drug-likeness (QED) is 0.646. The molecule has 0 spiro atoms. The van der Waals surface area contributed by atoms with Gasteiger partial charge in [-0.3, -0.25) is 0 Å². The van der Waals surface area contributed by atoms with Crippen molar-refractivity contribution in [3.63, 3.8) is 0 Å². The van der Waals surface area contributed by atoms with Crippen LogP contribution in [0.2, 0.25) is 0 Å². The summed E-state index contributed by atoms with van der Waals surface area (Å²) in [7, 11) is 0. The third kappa shape index (κ3) is 5.00. The van der Waals surface area contributed by atoms with Gasteiger partial charge in [-0.05, 0) is 25.5 Å². The fourth-order valence-electron chi connectivity index (χ4n) is 1.05. The zero-order valence-electron chi connectivity index (χ0n) is 8.82. The minimum atomic E-state index is 0.280. The van der Waals surface area contributed by atoms with E-state index in [1.54, 1.807) is 0 Å².